The molecule has 2 heterocycles. The van der Waals surface area contributed by atoms with Crippen molar-refractivity contribution < 1.29 is 34.2 Å². The summed E-state index contributed by atoms with van der Waals surface area (Å²) in [5.74, 6) is -3.45. The first-order valence-electron chi connectivity index (χ1n) is 19.9. The molecule has 0 amide bonds. The van der Waals surface area contributed by atoms with E-state index in [9.17, 15) is 0 Å². The third-order valence-corrected chi connectivity index (χ3v) is 20.3. The predicted octanol–water partition coefficient (Wildman–Crippen LogP) is 13.9. The van der Waals surface area contributed by atoms with Crippen LogP contribution in [-0.2, 0) is 16.6 Å². The van der Waals surface area contributed by atoms with E-state index in [4.69, 9.17) is 23.2 Å². The van der Waals surface area contributed by atoms with E-state index in [2.05, 4.69) is 27.7 Å². The van der Waals surface area contributed by atoms with Gasteiger partial charge in [0.25, 0.3) is 0 Å². The Morgan fingerprint density at radius 1 is 0.618 bits per heavy atom. The Hall–Kier alpha value is -3.03. The number of hydrogen-bond acceptors (Lipinski definition) is 0. The molecule has 0 radical (unpaired) electrons. The van der Waals surface area contributed by atoms with Crippen LogP contribution in [0.1, 0.15) is 127 Å². The first-order chi connectivity index (χ1) is 26.5. The van der Waals surface area contributed by atoms with E-state index in [-0.39, 0.29) is 53.8 Å². The number of aromatic nitrogens is 2. The van der Waals surface area contributed by atoms with E-state index in [1.807, 2.05) is 71.6 Å². The molecule has 0 fully saturated rings. The van der Waals surface area contributed by atoms with Gasteiger partial charge in [0.05, 0.1) is 0 Å². The molecule has 0 bridgehead atoms. The number of halogens is 6. The fourth-order valence-electron chi connectivity index (χ4n) is 9.03. The maximum atomic E-state index is 18.2. The molecule has 2 unspecified atom stereocenters. The van der Waals surface area contributed by atoms with Crippen molar-refractivity contribution in [1.82, 2.24) is 9.13 Å². The summed E-state index contributed by atoms with van der Waals surface area (Å²) in [5.41, 5.74) is 3.46. The molecule has 2 aliphatic rings. The van der Waals surface area contributed by atoms with Crippen molar-refractivity contribution >= 4 is 30.9 Å². The Labute approximate surface area is 338 Å². The molecule has 2 aromatic carbocycles. The van der Waals surface area contributed by atoms with Crippen LogP contribution in [-0.4, -0.2) is 9.13 Å². The van der Waals surface area contributed by atoms with Crippen molar-refractivity contribution in [2.24, 2.45) is 0 Å². The number of hydrogen-bond donors (Lipinski definition) is 0. The zero-order valence-corrected chi connectivity index (χ0v) is 35.9. The van der Waals surface area contributed by atoms with Gasteiger partial charge < -0.3 is 0 Å². The van der Waals surface area contributed by atoms with Gasteiger partial charge in [0.15, 0.2) is 0 Å². The van der Waals surface area contributed by atoms with Crippen LogP contribution >= 0.6 is 23.2 Å². The number of nitrogens with zero attached hydrogens (tertiary/aromatic N) is 2. The number of rotatable bonds is 16. The van der Waals surface area contributed by atoms with Gasteiger partial charge in [-0.3, -0.25) is 0 Å². The Kier molecular flexibility index (Phi) is 13.3. The van der Waals surface area contributed by atoms with Gasteiger partial charge >= 0.3 is 340 Å². The van der Waals surface area contributed by atoms with Gasteiger partial charge in [0.2, 0.25) is 0 Å². The number of benzene rings is 2. The molecular formula is C46H52Cl2F4N2Ti. The predicted molar refractivity (Wildman–Crippen MR) is 219 cm³/mol. The SMILES string of the molecule is CCCCC(CC)c1ccc(C)n1-c1cc(Cl)c(F)[c]([Ti]([C]2=CC=CC2)([C]2=CC=CC2)[c]2c(F)c(Cl)cc(-n3c(C)ccc3C(CC)CCCC)c2F)c1F. The second kappa shape index (κ2) is 17.6. The summed E-state index contributed by atoms with van der Waals surface area (Å²) < 4.78 is 75.4. The molecule has 0 spiro atoms. The van der Waals surface area contributed by atoms with Gasteiger partial charge in [-0.25, -0.2) is 0 Å². The average molecular weight is 828 g/mol. The molecule has 4 aromatic rings. The molecule has 9 heteroatoms. The van der Waals surface area contributed by atoms with E-state index >= 15 is 17.6 Å². The molecule has 0 aliphatic heterocycles. The second-order valence-electron chi connectivity index (χ2n) is 15.1. The number of unbranched alkanes of at least 4 members (excludes halogenated alkanes) is 2. The van der Waals surface area contributed by atoms with Crippen molar-refractivity contribution in [2.45, 2.75) is 118 Å². The summed E-state index contributed by atoms with van der Waals surface area (Å²) in [6, 6.07) is 10.5. The number of aryl methyl sites for hydroxylation is 2. The van der Waals surface area contributed by atoms with E-state index in [0.29, 0.717) is 7.76 Å². The molecule has 2 aromatic heterocycles. The summed E-state index contributed by atoms with van der Waals surface area (Å²) in [4.78, 5) is 0. The van der Waals surface area contributed by atoms with E-state index in [0.717, 1.165) is 74.1 Å². The first-order valence-corrected chi connectivity index (χ1v) is 23.8. The zero-order chi connectivity index (χ0) is 39.6. The molecular weight excluding hydrogens is 775 g/mol. The summed E-state index contributed by atoms with van der Waals surface area (Å²) in [7, 11) is 0. The van der Waals surface area contributed by atoms with Gasteiger partial charge in [0.1, 0.15) is 0 Å². The zero-order valence-electron chi connectivity index (χ0n) is 32.8. The Bertz CT molecular complexity index is 2040. The van der Waals surface area contributed by atoms with E-state index in [1.165, 1.54) is 12.1 Å². The van der Waals surface area contributed by atoms with E-state index in [1.54, 1.807) is 12.2 Å². The van der Waals surface area contributed by atoms with Crippen LogP contribution in [0.4, 0.5) is 17.6 Å². The fraction of sp³-hybridized carbons (Fsp3) is 0.391. The van der Waals surface area contributed by atoms with Crippen LogP contribution in [0.3, 0.4) is 0 Å². The minimum absolute atomic E-state index is 0.0790. The monoisotopic (exact) mass is 826 g/mol. The normalized spacial score (nSPS) is 15.3. The molecule has 6 rings (SSSR count). The molecule has 2 nitrogen and oxygen atoms in total. The molecule has 292 valence electrons. The van der Waals surface area contributed by atoms with Gasteiger partial charge in [-0.1, -0.05) is 0 Å². The minimum atomic E-state index is -5.33. The van der Waals surface area contributed by atoms with Crippen molar-refractivity contribution in [3.8, 4) is 11.4 Å². The Balaban J connectivity index is 1.74. The van der Waals surface area contributed by atoms with Gasteiger partial charge in [0, 0.05) is 0 Å². The molecule has 55 heavy (non-hydrogen) atoms. The molecule has 0 saturated heterocycles. The van der Waals surface area contributed by atoms with Crippen molar-refractivity contribution in [3.05, 3.63) is 137 Å². The van der Waals surface area contributed by atoms with Crippen molar-refractivity contribution in [3.63, 3.8) is 0 Å². The van der Waals surface area contributed by atoms with Gasteiger partial charge in [-0.15, -0.1) is 0 Å². The van der Waals surface area contributed by atoms with Crippen molar-refractivity contribution in [1.29, 1.82) is 0 Å². The maximum absolute atomic E-state index is 18.2. The van der Waals surface area contributed by atoms with Crippen LogP contribution in [0.25, 0.3) is 11.4 Å². The topological polar surface area (TPSA) is 9.86 Å². The standard InChI is InChI=1S/2C18H21ClF2N.2C5H5.Ti/c2*1-4-6-7-13(5-2)17-9-8-12(3)22(17)18-10-14(19)15(20)11-16(18)21;2*1-2-4-5-3-1;/h2*8-10,13H,4-7H2,1-3H3;2*1-3H,4H2;. The number of allylic oxidation sites excluding steroid dienone is 8. The van der Waals surface area contributed by atoms with Gasteiger partial charge in [-0.05, 0) is 0 Å². The second-order valence-corrected chi connectivity index (χ2v) is 21.8. The molecule has 2 aliphatic carbocycles. The van der Waals surface area contributed by atoms with Crippen LogP contribution < -0.4 is 7.74 Å². The first kappa shape index (κ1) is 41.6. The summed E-state index contributed by atoms with van der Waals surface area (Å²) in [6.07, 6.45) is 19.0. The van der Waals surface area contributed by atoms with Gasteiger partial charge in [-0.2, -0.15) is 0 Å². The van der Waals surface area contributed by atoms with Crippen molar-refractivity contribution in [2.75, 3.05) is 0 Å². The van der Waals surface area contributed by atoms with Crippen LogP contribution in [0.2, 0.25) is 10.0 Å². The molecule has 0 N–H and O–H groups in total. The van der Waals surface area contributed by atoms with Crippen LogP contribution in [0, 0.1) is 37.1 Å². The summed E-state index contributed by atoms with van der Waals surface area (Å²) in [5, 5.41) is -0.595. The van der Waals surface area contributed by atoms with Crippen LogP contribution in [0.15, 0.2) is 80.6 Å². The molecule has 2 atom stereocenters. The Morgan fingerprint density at radius 3 is 1.35 bits per heavy atom. The third-order valence-electron chi connectivity index (χ3n) is 11.9. The average Bonchev–Trinajstić information content (AvgIpc) is 4.01. The third kappa shape index (κ3) is 7.35. The molecule has 0 saturated carbocycles. The van der Waals surface area contributed by atoms with Crippen LogP contribution in [0.5, 0.6) is 0 Å². The van der Waals surface area contributed by atoms with E-state index < -0.39 is 39.9 Å². The summed E-state index contributed by atoms with van der Waals surface area (Å²) in [6.45, 7) is 12.3. The quantitative estimate of drug-likeness (QED) is 0.0605. The Morgan fingerprint density at radius 2 is 1.02 bits per heavy atom. The fourth-order valence-corrected chi connectivity index (χ4v) is 18.0. The summed E-state index contributed by atoms with van der Waals surface area (Å²) >= 11 is 8.39.